The van der Waals surface area contributed by atoms with Crippen LogP contribution >= 0.6 is 0 Å². The maximum absolute atomic E-state index is 12.5. The number of carbonyl (C=O) groups is 1. The van der Waals surface area contributed by atoms with Crippen LogP contribution in [0.15, 0.2) is 59.5 Å². The quantitative estimate of drug-likeness (QED) is 0.688. The molecule has 3 rings (SSSR count). The summed E-state index contributed by atoms with van der Waals surface area (Å²) >= 11 is 0. The molecular weight excluding hydrogens is 378 g/mol. The first-order chi connectivity index (χ1) is 13.3. The molecule has 0 spiro atoms. The van der Waals surface area contributed by atoms with Gasteiger partial charge in [0.2, 0.25) is 10.0 Å². The fourth-order valence-corrected chi connectivity index (χ4v) is 3.84. The zero-order chi connectivity index (χ0) is 20.3. The van der Waals surface area contributed by atoms with Gasteiger partial charge in [0.05, 0.1) is 17.5 Å². The van der Waals surface area contributed by atoms with Crippen molar-refractivity contribution in [1.82, 2.24) is 14.6 Å². The fourth-order valence-electron chi connectivity index (χ4n) is 2.72. The second kappa shape index (κ2) is 7.95. The van der Waals surface area contributed by atoms with E-state index in [2.05, 4.69) is 10.3 Å². The Labute approximate surface area is 164 Å². The molecule has 0 aliphatic heterocycles. The van der Waals surface area contributed by atoms with Crippen LogP contribution in [0.25, 0.3) is 10.9 Å². The summed E-state index contributed by atoms with van der Waals surface area (Å²) in [7, 11) is 0.929. The van der Waals surface area contributed by atoms with Crippen LogP contribution in [0.4, 0.5) is 0 Å². The molecule has 0 saturated carbocycles. The largest absolute Gasteiger partial charge is 0.497 e. The molecule has 0 fully saturated rings. The van der Waals surface area contributed by atoms with E-state index in [4.69, 9.17) is 4.74 Å². The molecule has 3 aromatic rings. The van der Waals surface area contributed by atoms with Crippen molar-refractivity contribution >= 4 is 26.8 Å². The summed E-state index contributed by atoms with van der Waals surface area (Å²) in [6.07, 6.45) is 0. The van der Waals surface area contributed by atoms with Crippen LogP contribution in [0.1, 0.15) is 16.1 Å². The van der Waals surface area contributed by atoms with E-state index in [1.54, 1.807) is 49.6 Å². The molecule has 8 heteroatoms. The van der Waals surface area contributed by atoms with E-state index in [1.165, 1.54) is 20.2 Å². The van der Waals surface area contributed by atoms with Gasteiger partial charge >= 0.3 is 0 Å². The molecule has 0 unspecified atom stereocenters. The Balaban J connectivity index is 1.81. The number of amides is 1. The molecule has 0 saturated heterocycles. The van der Waals surface area contributed by atoms with Gasteiger partial charge in [0, 0.05) is 26.0 Å². The number of benzene rings is 2. The molecule has 1 aromatic heterocycles. The number of aromatic nitrogens is 1. The molecule has 0 aliphatic rings. The summed E-state index contributed by atoms with van der Waals surface area (Å²) in [6.45, 7) is 0.0738. The van der Waals surface area contributed by atoms with Gasteiger partial charge in [-0.15, -0.1) is 0 Å². The van der Waals surface area contributed by atoms with Crippen LogP contribution in [0.3, 0.4) is 0 Å². The molecule has 1 amide bonds. The molecule has 0 aliphatic carbocycles. The Bertz CT molecular complexity index is 1130. The van der Waals surface area contributed by atoms with E-state index >= 15 is 0 Å². The van der Waals surface area contributed by atoms with Gasteiger partial charge < -0.3 is 10.1 Å². The lowest BCUT2D eigenvalue weighted by atomic mass is 10.2. The highest BCUT2D eigenvalue weighted by molar-refractivity contribution is 7.89. The van der Waals surface area contributed by atoms with Crippen molar-refractivity contribution in [2.24, 2.45) is 0 Å². The van der Waals surface area contributed by atoms with Gasteiger partial charge in [0.25, 0.3) is 5.91 Å². The average Bonchev–Trinajstić information content (AvgIpc) is 2.71. The SMILES string of the molecule is COc1ccc2nc(C(=O)NCc3ccccc3S(=O)(=O)N(C)C)ccc2c1. The minimum Gasteiger partial charge on any atom is -0.497 e. The Morgan fingerprint density at radius 3 is 2.57 bits per heavy atom. The van der Waals surface area contributed by atoms with Gasteiger partial charge in [0.1, 0.15) is 11.4 Å². The maximum Gasteiger partial charge on any atom is 0.270 e. The molecule has 28 heavy (non-hydrogen) atoms. The molecule has 1 heterocycles. The van der Waals surface area contributed by atoms with E-state index in [9.17, 15) is 13.2 Å². The van der Waals surface area contributed by atoms with Crippen LogP contribution in [-0.4, -0.2) is 44.8 Å². The number of hydrogen-bond donors (Lipinski definition) is 1. The van der Waals surface area contributed by atoms with E-state index in [0.717, 1.165) is 9.69 Å². The van der Waals surface area contributed by atoms with Crippen LogP contribution in [0.2, 0.25) is 0 Å². The highest BCUT2D eigenvalue weighted by Gasteiger charge is 2.21. The van der Waals surface area contributed by atoms with E-state index in [0.29, 0.717) is 16.8 Å². The van der Waals surface area contributed by atoms with Crippen molar-refractivity contribution in [3.8, 4) is 5.75 Å². The highest BCUT2D eigenvalue weighted by Crippen LogP contribution is 2.20. The fraction of sp³-hybridized carbons (Fsp3) is 0.200. The van der Waals surface area contributed by atoms with Gasteiger partial charge in [-0.2, -0.15) is 0 Å². The van der Waals surface area contributed by atoms with Gasteiger partial charge in [-0.3, -0.25) is 4.79 Å². The monoisotopic (exact) mass is 399 g/mol. The lowest BCUT2D eigenvalue weighted by Gasteiger charge is -2.15. The number of nitrogens with zero attached hydrogens (tertiary/aromatic N) is 2. The van der Waals surface area contributed by atoms with Crippen LogP contribution in [-0.2, 0) is 16.6 Å². The molecule has 1 N–H and O–H groups in total. The third kappa shape index (κ3) is 3.97. The minimum atomic E-state index is -3.60. The first kappa shape index (κ1) is 19.8. The number of nitrogens with one attached hydrogen (secondary N) is 1. The summed E-state index contributed by atoms with van der Waals surface area (Å²) in [5, 5.41) is 3.60. The summed E-state index contributed by atoms with van der Waals surface area (Å²) in [4.78, 5) is 17.1. The third-order valence-corrected chi connectivity index (χ3v) is 6.22. The topological polar surface area (TPSA) is 88.6 Å². The van der Waals surface area contributed by atoms with Crippen molar-refractivity contribution in [3.05, 3.63) is 65.9 Å². The maximum atomic E-state index is 12.5. The van der Waals surface area contributed by atoms with Crippen LogP contribution in [0.5, 0.6) is 5.75 Å². The van der Waals surface area contributed by atoms with Crippen LogP contribution < -0.4 is 10.1 Å². The minimum absolute atomic E-state index is 0.0738. The predicted octanol–water partition coefficient (Wildman–Crippen LogP) is 2.42. The second-order valence-corrected chi connectivity index (χ2v) is 8.45. The molecule has 7 nitrogen and oxygen atoms in total. The van der Waals surface area contributed by atoms with Gasteiger partial charge in [-0.25, -0.2) is 17.7 Å². The van der Waals surface area contributed by atoms with Crippen molar-refractivity contribution in [2.45, 2.75) is 11.4 Å². The normalized spacial score (nSPS) is 11.6. The lowest BCUT2D eigenvalue weighted by Crippen LogP contribution is -2.27. The van der Waals surface area contributed by atoms with Crippen molar-refractivity contribution in [2.75, 3.05) is 21.2 Å². The number of rotatable bonds is 6. The Morgan fingerprint density at radius 2 is 1.86 bits per heavy atom. The molecular formula is C20H21N3O4S. The van der Waals surface area contributed by atoms with E-state index in [1.807, 2.05) is 6.07 Å². The average molecular weight is 399 g/mol. The van der Waals surface area contributed by atoms with Gasteiger partial charge in [-0.05, 0) is 35.9 Å². The van der Waals surface area contributed by atoms with Gasteiger partial charge in [0.15, 0.2) is 0 Å². The number of carbonyl (C=O) groups excluding carboxylic acids is 1. The summed E-state index contributed by atoms with van der Waals surface area (Å²) in [5.41, 5.74) is 1.43. The molecule has 2 aromatic carbocycles. The number of hydrogen-bond acceptors (Lipinski definition) is 5. The summed E-state index contributed by atoms with van der Waals surface area (Å²) in [5.74, 6) is 0.333. The first-order valence-corrected chi connectivity index (χ1v) is 10.0. The van der Waals surface area contributed by atoms with Crippen LogP contribution in [0, 0.1) is 0 Å². The Kier molecular flexibility index (Phi) is 5.62. The zero-order valence-corrected chi connectivity index (χ0v) is 16.7. The smallest absolute Gasteiger partial charge is 0.270 e. The second-order valence-electron chi connectivity index (χ2n) is 6.33. The molecule has 0 bridgehead atoms. The Morgan fingerprint density at radius 1 is 1.11 bits per heavy atom. The van der Waals surface area contributed by atoms with Gasteiger partial charge in [-0.1, -0.05) is 24.3 Å². The first-order valence-electron chi connectivity index (χ1n) is 8.56. The van der Waals surface area contributed by atoms with E-state index in [-0.39, 0.29) is 23.0 Å². The molecule has 146 valence electrons. The van der Waals surface area contributed by atoms with E-state index < -0.39 is 10.0 Å². The third-order valence-electron chi connectivity index (χ3n) is 4.30. The Hall–Kier alpha value is -2.97. The predicted molar refractivity (Wildman–Crippen MR) is 107 cm³/mol. The number of sulfonamides is 1. The number of pyridine rings is 1. The molecule has 0 radical (unpaired) electrons. The standard InChI is InChI=1S/C20H21N3O4S/c1-23(2)28(25,26)19-7-5-4-6-15(19)13-21-20(24)18-10-8-14-12-16(27-3)9-11-17(14)22-18/h4-12H,13H2,1-3H3,(H,21,24). The summed E-state index contributed by atoms with van der Waals surface area (Å²) < 4.78 is 31.2. The number of methoxy groups -OCH3 is 1. The van der Waals surface area contributed by atoms with Crippen molar-refractivity contribution in [1.29, 1.82) is 0 Å². The van der Waals surface area contributed by atoms with Crippen molar-refractivity contribution in [3.63, 3.8) is 0 Å². The lowest BCUT2D eigenvalue weighted by molar-refractivity contribution is 0.0946. The number of ether oxygens (including phenoxy) is 1. The zero-order valence-electron chi connectivity index (χ0n) is 15.8. The van der Waals surface area contributed by atoms with Crippen molar-refractivity contribution < 1.29 is 17.9 Å². The highest BCUT2D eigenvalue weighted by atomic mass is 32.2. The summed E-state index contributed by atoms with van der Waals surface area (Å²) in [6, 6.07) is 15.4. The number of fused-ring (bicyclic) bond motifs is 1. The molecule has 0 atom stereocenters.